The number of carbonyl (C=O) groups is 1. The van der Waals surface area contributed by atoms with Crippen LogP contribution >= 0.6 is 39.9 Å². The van der Waals surface area contributed by atoms with Crippen LogP contribution in [0.15, 0.2) is 33.7 Å². The summed E-state index contributed by atoms with van der Waals surface area (Å²) in [5.41, 5.74) is 0.655. The molecule has 5 nitrogen and oxygen atoms in total. The summed E-state index contributed by atoms with van der Waals surface area (Å²) in [4.78, 5) is 16.1. The van der Waals surface area contributed by atoms with Crippen molar-refractivity contribution in [1.29, 1.82) is 0 Å². The molecule has 0 aliphatic carbocycles. The molecular weight excluding hydrogens is 435 g/mol. The van der Waals surface area contributed by atoms with Crippen molar-refractivity contribution in [2.75, 3.05) is 26.2 Å². The molecule has 2 rings (SSSR count). The van der Waals surface area contributed by atoms with Crippen LogP contribution in [0.25, 0.3) is 0 Å². The van der Waals surface area contributed by atoms with E-state index in [1.165, 1.54) is 0 Å². The Kier molecular flexibility index (Phi) is 7.90. The zero-order valence-corrected chi connectivity index (χ0v) is 14.9. The SMILES string of the molecule is I.O=C(NCCNC1=NCCCN1)c1cccc(Br)c1. The van der Waals surface area contributed by atoms with E-state index in [1.807, 2.05) is 12.1 Å². The van der Waals surface area contributed by atoms with Gasteiger partial charge in [0.2, 0.25) is 0 Å². The first-order valence-electron chi connectivity index (χ1n) is 6.31. The third kappa shape index (κ3) is 5.66. The maximum Gasteiger partial charge on any atom is 0.251 e. The fourth-order valence-electron chi connectivity index (χ4n) is 1.74. The van der Waals surface area contributed by atoms with Crippen molar-refractivity contribution in [2.24, 2.45) is 4.99 Å². The highest BCUT2D eigenvalue weighted by Crippen LogP contribution is 2.11. The number of nitrogens with zero attached hydrogens (tertiary/aromatic N) is 1. The van der Waals surface area contributed by atoms with E-state index in [1.54, 1.807) is 12.1 Å². The first-order chi connectivity index (χ1) is 9.25. The van der Waals surface area contributed by atoms with Gasteiger partial charge in [0, 0.05) is 36.2 Å². The van der Waals surface area contributed by atoms with E-state index in [0.29, 0.717) is 18.7 Å². The van der Waals surface area contributed by atoms with Gasteiger partial charge in [-0.1, -0.05) is 22.0 Å². The van der Waals surface area contributed by atoms with Crippen LogP contribution in [0.1, 0.15) is 16.8 Å². The normalized spacial score (nSPS) is 13.6. The summed E-state index contributed by atoms with van der Waals surface area (Å²) in [5.74, 6) is 0.754. The number of hydrogen-bond donors (Lipinski definition) is 3. The van der Waals surface area contributed by atoms with Crippen molar-refractivity contribution >= 4 is 51.8 Å². The van der Waals surface area contributed by atoms with Crippen molar-refractivity contribution in [3.8, 4) is 0 Å². The van der Waals surface area contributed by atoms with E-state index in [-0.39, 0.29) is 29.9 Å². The number of guanidine groups is 1. The molecule has 1 aromatic rings. The predicted molar refractivity (Wildman–Crippen MR) is 94.8 cm³/mol. The number of rotatable bonds is 4. The maximum absolute atomic E-state index is 11.8. The van der Waals surface area contributed by atoms with Crippen molar-refractivity contribution in [1.82, 2.24) is 16.0 Å². The Morgan fingerprint density at radius 1 is 1.40 bits per heavy atom. The monoisotopic (exact) mass is 452 g/mol. The van der Waals surface area contributed by atoms with Crippen molar-refractivity contribution in [2.45, 2.75) is 6.42 Å². The van der Waals surface area contributed by atoms with Crippen LogP contribution in [-0.4, -0.2) is 38.0 Å². The Labute approximate surface area is 144 Å². The molecule has 110 valence electrons. The molecule has 0 saturated carbocycles. The summed E-state index contributed by atoms with van der Waals surface area (Å²) < 4.78 is 0.902. The van der Waals surface area contributed by atoms with Gasteiger partial charge < -0.3 is 16.0 Å². The fraction of sp³-hybridized carbons (Fsp3) is 0.385. The number of benzene rings is 1. The molecule has 0 aromatic heterocycles. The largest absolute Gasteiger partial charge is 0.356 e. The number of hydrogen-bond acceptors (Lipinski definition) is 4. The average Bonchev–Trinajstić information content (AvgIpc) is 2.44. The number of carbonyl (C=O) groups excluding carboxylic acids is 1. The van der Waals surface area contributed by atoms with Gasteiger partial charge in [-0.15, -0.1) is 24.0 Å². The Balaban J connectivity index is 0.00000200. The second kappa shape index (κ2) is 9.17. The van der Waals surface area contributed by atoms with Gasteiger partial charge in [-0.3, -0.25) is 9.79 Å². The minimum Gasteiger partial charge on any atom is -0.356 e. The van der Waals surface area contributed by atoms with Crippen LogP contribution in [0.4, 0.5) is 0 Å². The number of aliphatic imine (C=N–C) groups is 1. The van der Waals surface area contributed by atoms with E-state index < -0.39 is 0 Å². The smallest absolute Gasteiger partial charge is 0.251 e. The van der Waals surface area contributed by atoms with Gasteiger partial charge in [0.25, 0.3) is 5.91 Å². The van der Waals surface area contributed by atoms with E-state index >= 15 is 0 Å². The van der Waals surface area contributed by atoms with Crippen LogP contribution < -0.4 is 16.0 Å². The van der Waals surface area contributed by atoms with Gasteiger partial charge >= 0.3 is 0 Å². The molecule has 3 N–H and O–H groups in total. The van der Waals surface area contributed by atoms with Gasteiger partial charge in [-0.05, 0) is 24.6 Å². The lowest BCUT2D eigenvalue weighted by molar-refractivity contribution is 0.0954. The number of halogens is 2. The van der Waals surface area contributed by atoms with Gasteiger partial charge in [0.15, 0.2) is 5.96 Å². The Morgan fingerprint density at radius 3 is 2.95 bits per heavy atom. The molecule has 0 bridgehead atoms. The topological polar surface area (TPSA) is 65.5 Å². The quantitative estimate of drug-likeness (QED) is 0.481. The zero-order valence-electron chi connectivity index (χ0n) is 11.0. The van der Waals surface area contributed by atoms with E-state index in [4.69, 9.17) is 0 Å². The van der Waals surface area contributed by atoms with Crippen LogP contribution in [0.5, 0.6) is 0 Å². The molecule has 0 spiro atoms. The lowest BCUT2D eigenvalue weighted by Gasteiger charge is -2.16. The average molecular weight is 453 g/mol. The Hall–Kier alpha value is -0.830. The molecule has 1 aromatic carbocycles. The highest BCUT2D eigenvalue weighted by Gasteiger charge is 2.05. The number of nitrogens with one attached hydrogen (secondary N) is 3. The molecule has 0 fully saturated rings. The first kappa shape index (κ1) is 17.2. The molecule has 0 unspecified atom stereocenters. The summed E-state index contributed by atoms with van der Waals surface area (Å²) in [6, 6.07) is 7.33. The minimum atomic E-state index is -0.0679. The summed E-state index contributed by atoms with van der Waals surface area (Å²) in [7, 11) is 0. The third-order valence-corrected chi connectivity index (χ3v) is 3.18. The lowest BCUT2D eigenvalue weighted by Crippen LogP contribution is -2.43. The molecule has 1 aliphatic rings. The molecular formula is C13H18BrIN4O. The Bertz CT molecular complexity index is 481. The molecule has 0 saturated heterocycles. The molecule has 0 atom stereocenters. The second-order valence-corrected chi connectivity index (χ2v) is 5.12. The van der Waals surface area contributed by atoms with Crippen LogP contribution in [-0.2, 0) is 0 Å². The van der Waals surface area contributed by atoms with Gasteiger partial charge in [-0.2, -0.15) is 0 Å². The minimum absolute atomic E-state index is 0. The van der Waals surface area contributed by atoms with E-state index in [2.05, 4.69) is 36.9 Å². The first-order valence-corrected chi connectivity index (χ1v) is 7.11. The summed E-state index contributed by atoms with van der Waals surface area (Å²) in [6.45, 7) is 3.04. The van der Waals surface area contributed by atoms with Crippen molar-refractivity contribution in [3.63, 3.8) is 0 Å². The lowest BCUT2D eigenvalue weighted by atomic mass is 10.2. The van der Waals surface area contributed by atoms with Gasteiger partial charge in [0.1, 0.15) is 0 Å². The zero-order chi connectivity index (χ0) is 13.5. The fourth-order valence-corrected chi connectivity index (χ4v) is 2.14. The standard InChI is InChI=1S/C13H17BrN4O.HI/c14-11-4-1-3-10(9-11)12(19)15-7-8-18-13-16-5-2-6-17-13;/h1,3-4,9H,2,5-8H2,(H,15,19)(H2,16,17,18);1H. The highest BCUT2D eigenvalue weighted by atomic mass is 127. The van der Waals surface area contributed by atoms with E-state index in [0.717, 1.165) is 29.9 Å². The molecule has 1 amide bonds. The summed E-state index contributed by atoms with van der Waals surface area (Å²) in [5, 5.41) is 9.18. The summed E-state index contributed by atoms with van der Waals surface area (Å²) in [6.07, 6.45) is 1.07. The third-order valence-electron chi connectivity index (χ3n) is 2.69. The second-order valence-electron chi connectivity index (χ2n) is 4.20. The van der Waals surface area contributed by atoms with Gasteiger partial charge in [0.05, 0.1) is 0 Å². The molecule has 7 heteroatoms. The number of amides is 1. The summed E-state index contributed by atoms with van der Waals surface area (Å²) >= 11 is 3.35. The Morgan fingerprint density at radius 2 is 2.25 bits per heavy atom. The van der Waals surface area contributed by atoms with Crippen LogP contribution in [0.3, 0.4) is 0 Å². The maximum atomic E-state index is 11.8. The van der Waals surface area contributed by atoms with E-state index in [9.17, 15) is 4.79 Å². The highest BCUT2D eigenvalue weighted by molar-refractivity contribution is 14.0. The van der Waals surface area contributed by atoms with Gasteiger partial charge in [-0.25, -0.2) is 0 Å². The van der Waals surface area contributed by atoms with Crippen molar-refractivity contribution in [3.05, 3.63) is 34.3 Å². The molecule has 0 radical (unpaired) electrons. The molecule has 20 heavy (non-hydrogen) atoms. The van der Waals surface area contributed by atoms with Crippen LogP contribution in [0, 0.1) is 0 Å². The molecule has 1 aliphatic heterocycles. The van der Waals surface area contributed by atoms with Crippen LogP contribution in [0.2, 0.25) is 0 Å². The molecule has 1 heterocycles. The van der Waals surface area contributed by atoms with Crippen molar-refractivity contribution < 1.29 is 4.79 Å². The predicted octanol–water partition coefficient (Wildman–Crippen LogP) is 1.74.